The summed E-state index contributed by atoms with van der Waals surface area (Å²) in [6.45, 7) is 4.81. The van der Waals surface area contributed by atoms with Gasteiger partial charge in [0.15, 0.2) is 0 Å². The van der Waals surface area contributed by atoms with Gasteiger partial charge in [0.1, 0.15) is 0 Å². The number of aliphatic hydroxyl groups excluding tert-OH is 1. The molecule has 1 unspecified atom stereocenters. The lowest BCUT2D eigenvalue weighted by Crippen LogP contribution is -2.34. The van der Waals surface area contributed by atoms with Crippen LogP contribution < -0.4 is 10.2 Å². The summed E-state index contributed by atoms with van der Waals surface area (Å²) < 4.78 is 0. The average molecular weight is 339 g/mol. The van der Waals surface area contributed by atoms with Gasteiger partial charge in [0.05, 0.1) is 17.4 Å². The summed E-state index contributed by atoms with van der Waals surface area (Å²) in [7, 11) is 0. The second kappa shape index (κ2) is 7.79. The van der Waals surface area contributed by atoms with E-state index in [9.17, 15) is 14.7 Å². The number of carbonyl (C=O) groups is 2. The maximum Gasteiger partial charge on any atom is 0.253 e. The van der Waals surface area contributed by atoms with Crippen LogP contribution >= 0.6 is 11.6 Å². The Morgan fingerprint density at radius 1 is 1.43 bits per heavy atom. The Labute approximate surface area is 141 Å². The third-order valence-corrected chi connectivity index (χ3v) is 4.05. The standard InChI is InChI=1S/C17H23ClN2O3/c1-11(2)8-13(21)10-19-17(23)14-6-5-12(18)9-15(14)20-7-3-4-16(20)22/h5-6,9,11,13,21H,3-4,7-8,10H2,1-2H3,(H,19,23). The average Bonchev–Trinajstić information content (AvgIpc) is 2.90. The molecular weight excluding hydrogens is 316 g/mol. The first-order valence-electron chi connectivity index (χ1n) is 7.94. The summed E-state index contributed by atoms with van der Waals surface area (Å²) in [5.74, 6) is 0.0514. The van der Waals surface area contributed by atoms with Gasteiger partial charge in [-0.3, -0.25) is 9.59 Å². The van der Waals surface area contributed by atoms with Gasteiger partial charge in [-0.2, -0.15) is 0 Å². The minimum Gasteiger partial charge on any atom is -0.391 e. The molecule has 1 aromatic carbocycles. The molecule has 0 aromatic heterocycles. The van der Waals surface area contributed by atoms with E-state index in [1.807, 2.05) is 13.8 Å². The highest BCUT2D eigenvalue weighted by atomic mass is 35.5. The Kier molecular flexibility index (Phi) is 6.02. The molecule has 0 aliphatic carbocycles. The SMILES string of the molecule is CC(C)CC(O)CNC(=O)c1ccc(Cl)cc1N1CCCC1=O. The molecule has 2 amide bonds. The molecule has 5 nitrogen and oxygen atoms in total. The monoisotopic (exact) mass is 338 g/mol. The third kappa shape index (κ3) is 4.69. The van der Waals surface area contributed by atoms with Gasteiger partial charge in [-0.1, -0.05) is 25.4 Å². The van der Waals surface area contributed by atoms with Crippen molar-refractivity contribution in [1.29, 1.82) is 0 Å². The molecule has 1 aliphatic rings. The van der Waals surface area contributed by atoms with E-state index in [0.29, 0.717) is 41.6 Å². The van der Waals surface area contributed by atoms with Gasteiger partial charge < -0.3 is 15.3 Å². The molecule has 2 rings (SSSR count). The zero-order valence-corrected chi connectivity index (χ0v) is 14.3. The molecule has 1 heterocycles. The number of rotatable bonds is 6. The molecule has 0 bridgehead atoms. The highest BCUT2D eigenvalue weighted by Crippen LogP contribution is 2.28. The smallest absolute Gasteiger partial charge is 0.253 e. The number of benzene rings is 1. The van der Waals surface area contributed by atoms with Gasteiger partial charge in [0.25, 0.3) is 5.91 Å². The fourth-order valence-corrected chi connectivity index (χ4v) is 2.92. The Balaban J connectivity index is 2.12. The predicted molar refractivity (Wildman–Crippen MR) is 90.8 cm³/mol. The molecule has 0 radical (unpaired) electrons. The molecular formula is C17H23ClN2O3. The van der Waals surface area contributed by atoms with Crippen LogP contribution in [0.4, 0.5) is 5.69 Å². The molecule has 1 saturated heterocycles. The van der Waals surface area contributed by atoms with Crippen molar-refractivity contribution in [3.63, 3.8) is 0 Å². The van der Waals surface area contributed by atoms with Crippen molar-refractivity contribution in [2.45, 2.75) is 39.2 Å². The number of halogens is 1. The lowest BCUT2D eigenvalue weighted by Gasteiger charge is -2.20. The molecule has 1 aliphatic heterocycles. The number of nitrogens with one attached hydrogen (secondary N) is 1. The van der Waals surface area contributed by atoms with Crippen LogP contribution in [-0.4, -0.2) is 36.1 Å². The van der Waals surface area contributed by atoms with Crippen LogP contribution in [0.25, 0.3) is 0 Å². The Bertz CT molecular complexity index is 589. The molecule has 126 valence electrons. The van der Waals surface area contributed by atoms with E-state index >= 15 is 0 Å². The van der Waals surface area contributed by atoms with Gasteiger partial charge in [-0.25, -0.2) is 0 Å². The van der Waals surface area contributed by atoms with Crippen LogP contribution in [0.3, 0.4) is 0 Å². The Hall–Kier alpha value is -1.59. The van der Waals surface area contributed by atoms with Crippen molar-refractivity contribution < 1.29 is 14.7 Å². The first kappa shape index (κ1) is 17.8. The maximum atomic E-state index is 12.4. The summed E-state index contributed by atoms with van der Waals surface area (Å²) in [4.78, 5) is 26.0. The quantitative estimate of drug-likeness (QED) is 0.837. The van der Waals surface area contributed by atoms with Crippen molar-refractivity contribution in [2.75, 3.05) is 18.0 Å². The number of carbonyl (C=O) groups excluding carboxylic acids is 2. The van der Waals surface area contributed by atoms with Crippen LogP contribution in [0, 0.1) is 5.92 Å². The molecule has 1 fully saturated rings. The normalized spacial score (nSPS) is 16.0. The minimum absolute atomic E-state index is 0.00107. The summed E-state index contributed by atoms with van der Waals surface area (Å²) in [6, 6.07) is 4.89. The number of nitrogens with zero attached hydrogens (tertiary/aromatic N) is 1. The zero-order chi connectivity index (χ0) is 17.0. The van der Waals surface area contributed by atoms with E-state index in [4.69, 9.17) is 11.6 Å². The molecule has 1 atom stereocenters. The maximum absolute atomic E-state index is 12.4. The molecule has 1 aromatic rings. The lowest BCUT2D eigenvalue weighted by molar-refractivity contribution is -0.117. The molecule has 0 saturated carbocycles. The second-order valence-electron chi connectivity index (χ2n) is 6.30. The number of hydrogen-bond donors (Lipinski definition) is 2. The van der Waals surface area contributed by atoms with Gasteiger partial charge in [0.2, 0.25) is 5.91 Å². The highest BCUT2D eigenvalue weighted by Gasteiger charge is 2.26. The van der Waals surface area contributed by atoms with E-state index in [0.717, 1.165) is 6.42 Å². The predicted octanol–water partition coefficient (Wildman–Crippen LogP) is 2.60. The van der Waals surface area contributed by atoms with Gasteiger partial charge in [0, 0.05) is 24.5 Å². The van der Waals surface area contributed by atoms with Crippen LogP contribution in [0.2, 0.25) is 5.02 Å². The molecule has 2 N–H and O–H groups in total. The largest absolute Gasteiger partial charge is 0.391 e. The molecule has 0 spiro atoms. The van der Waals surface area contributed by atoms with Crippen molar-refractivity contribution >= 4 is 29.1 Å². The first-order chi connectivity index (χ1) is 10.9. The third-order valence-electron chi connectivity index (χ3n) is 3.81. The summed E-state index contributed by atoms with van der Waals surface area (Å²) in [5, 5.41) is 13.1. The van der Waals surface area contributed by atoms with Crippen molar-refractivity contribution in [1.82, 2.24) is 5.32 Å². The molecule has 6 heteroatoms. The van der Waals surface area contributed by atoms with Crippen molar-refractivity contribution in [2.24, 2.45) is 5.92 Å². The van der Waals surface area contributed by atoms with Crippen molar-refractivity contribution in [3.05, 3.63) is 28.8 Å². The van der Waals surface area contributed by atoms with Crippen LogP contribution in [0.1, 0.15) is 43.5 Å². The number of amides is 2. The highest BCUT2D eigenvalue weighted by molar-refractivity contribution is 6.31. The second-order valence-corrected chi connectivity index (χ2v) is 6.74. The van der Waals surface area contributed by atoms with E-state index in [-0.39, 0.29) is 18.4 Å². The summed E-state index contributed by atoms with van der Waals surface area (Å²) in [6.07, 6.45) is 1.31. The Morgan fingerprint density at radius 2 is 2.17 bits per heavy atom. The van der Waals surface area contributed by atoms with E-state index < -0.39 is 6.10 Å². The summed E-state index contributed by atoms with van der Waals surface area (Å²) in [5.41, 5.74) is 0.942. The van der Waals surface area contributed by atoms with E-state index in [1.54, 1.807) is 23.1 Å². The van der Waals surface area contributed by atoms with Gasteiger partial charge >= 0.3 is 0 Å². The summed E-state index contributed by atoms with van der Waals surface area (Å²) >= 11 is 6.02. The van der Waals surface area contributed by atoms with Gasteiger partial charge in [-0.15, -0.1) is 0 Å². The number of aliphatic hydroxyl groups is 1. The Morgan fingerprint density at radius 3 is 2.78 bits per heavy atom. The molecule has 23 heavy (non-hydrogen) atoms. The zero-order valence-electron chi connectivity index (χ0n) is 13.5. The van der Waals surface area contributed by atoms with E-state index in [1.165, 1.54) is 0 Å². The first-order valence-corrected chi connectivity index (χ1v) is 8.32. The lowest BCUT2D eigenvalue weighted by atomic mass is 10.1. The van der Waals surface area contributed by atoms with Crippen LogP contribution in [0.5, 0.6) is 0 Å². The van der Waals surface area contributed by atoms with Crippen LogP contribution in [-0.2, 0) is 4.79 Å². The minimum atomic E-state index is -0.580. The van der Waals surface area contributed by atoms with Crippen molar-refractivity contribution in [3.8, 4) is 0 Å². The van der Waals surface area contributed by atoms with Crippen LogP contribution in [0.15, 0.2) is 18.2 Å². The fourth-order valence-electron chi connectivity index (χ4n) is 2.76. The fraction of sp³-hybridized carbons (Fsp3) is 0.529. The van der Waals surface area contributed by atoms with E-state index in [2.05, 4.69) is 5.32 Å². The number of anilines is 1. The number of hydrogen-bond acceptors (Lipinski definition) is 3. The topological polar surface area (TPSA) is 69.6 Å². The van der Waals surface area contributed by atoms with Gasteiger partial charge in [-0.05, 0) is 37.0 Å².